The lowest BCUT2D eigenvalue weighted by atomic mass is 10.2. The molecule has 0 saturated heterocycles. The van der Waals surface area contributed by atoms with Crippen LogP contribution in [0.1, 0.15) is 17.3 Å². The van der Waals surface area contributed by atoms with Crippen LogP contribution in [0.4, 0.5) is 21.9 Å². The number of hydrogen-bond donors (Lipinski definition) is 1. The summed E-state index contributed by atoms with van der Waals surface area (Å²) < 4.78 is 4.98. The number of para-hydroxylation sites is 2. The molecule has 2 amide bonds. The number of anilines is 3. The molecule has 0 spiro atoms. The highest BCUT2D eigenvalue weighted by Crippen LogP contribution is 2.48. The Labute approximate surface area is 177 Å². The second kappa shape index (κ2) is 8.19. The number of fused-ring (bicyclic) bond motifs is 2. The predicted molar refractivity (Wildman–Crippen MR) is 116 cm³/mol. The minimum atomic E-state index is -0.455. The number of halogens is 1. The Kier molecular flexibility index (Phi) is 5.47. The average molecular weight is 425 g/mol. The first-order valence-electron chi connectivity index (χ1n) is 9.02. The number of carbonyl (C=O) groups excluding carboxylic acids is 2. The van der Waals surface area contributed by atoms with E-state index in [9.17, 15) is 9.59 Å². The van der Waals surface area contributed by atoms with Gasteiger partial charge in [0.15, 0.2) is 0 Å². The minimum Gasteiger partial charge on any atom is -0.462 e. The highest BCUT2D eigenvalue weighted by Gasteiger charge is 2.28. The molecule has 1 heterocycles. The Morgan fingerprint density at radius 1 is 1.00 bits per heavy atom. The van der Waals surface area contributed by atoms with Gasteiger partial charge in [0, 0.05) is 9.79 Å². The summed E-state index contributed by atoms with van der Waals surface area (Å²) in [6.07, 6.45) is 0. The third kappa shape index (κ3) is 3.81. The molecule has 29 heavy (non-hydrogen) atoms. The van der Waals surface area contributed by atoms with Gasteiger partial charge in [0.2, 0.25) is 0 Å². The molecule has 0 aliphatic carbocycles. The maximum absolute atomic E-state index is 13.2. The van der Waals surface area contributed by atoms with Gasteiger partial charge in [-0.25, -0.2) is 9.59 Å². The van der Waals surface area contributed by atoms with Crippen molar-refractivity contribution in [3.05, 3.63) is 77.3 Å². The van der Waals surface area contributed by atoms with Gasteiger partial charge in [-0.05, 0) is 49.4 Å². The summed E-state index contributed by atoms with van der Waals surface area (Å²) in [5.41, 5.74) is 2.35. The first-order chi connectivity index (χ1) is 14.1. The molecule has 3 aromatic rings. The Morgan fingerprint density at radius 2 is 1.62 bits per heavy atom. The molecule has 0 aromatic heterocycles. The Morgan fingerprint density at radius 3 is 2.21 bits per heavy atom. The monoisotopic (exact) mass is 424 g/mol. The number of carbonyl (C=O) groups is 2. The number of esters is 1. The number of hydrogen-bond acceptors (Lipinski definition) is 4. The van der Waals surface area contributed by atoms with E-state index < -0.39 is 5.97 Å². The van der Waals surface area contributed by atoms with E-state index >= 15 is 0 Å². The second-order valence-electron chi connectivity index (χ2n) is 6.22. The van der Waals surface area contributed by atoms with E-state index in [1.807, 2.05) is 48.5 Å². The number of nitrogens with one attached hydrogen (secondary N) is 1. The van der Waals surface area contributed by atoms with Crippen LogP contribution in [-0.4, -0.2) is 18.6 Å². The SMILES string of the molecule is CCOC(=O)c1ccc(NC(=O)N2c3ccccc3Sc3ccccc32)c(Cl)c1. The second-order valence-corrected chi connectivity index (χ2v) is 7.71. The van der Waals surface area contributed by atoms with E-state index in [2.05, 4.69) is 5.32 Å². The van der Waals surface area contributed by atoms with Gasteiger partial charge >= 0.3 is 12.0 Å². The van der Waals surface area contributed by atoms with E-state index in [1.54, 1.807) is 35.7 Å². The van der Waals surface area contributed by atoms with Crippen molar-refractivity contribution in [2.24, 2.45) is 0 Å². The van der Waals surface area contributed by atoms with Crippen molar-refractivity contribution in [3.63, 3.8) is 0 Å². The van der Waals surface area contributed by atoms with Crippen molar-refractivity contribution in [3.8, 4) is 0 Å². The van der Waals surface area contributed by atoms with Crippen LogP contribution in [0.15, 0.2) is 76.5 Å². The number of rotatable bonds is 3. The van der Waals surface area contributed by atoms with Crippen molar-refractivity contribution in [2.75, 3.05) is 16.8 Å². The number of nitrogens with zero attached hydrogens (tertiary/aromatic N) is 1. The summed E-state index contributed by atoms with van der Waals surface area (Å²) in [7, 11) is 0. The van der Waals surface area contributed by atoms with Gasteiger partial charge < -0.3 is 10.1 Å². The summed E-state index contributed by atoms with van der Waals surface area (Å²) in [5, 5.41) is 3.11. The molecule has 1 aliphatic heterocycles. The molecule has 0 bridgehead atoms. The number of ether oxygens (including phenoxy) is 1. The summed E-state index contributed by atoms with van der Waals surface area (Å²) in [5.74, 6) is -0.455. The van der Waals surface area contributed by atoms with Gasteiger partial charge in [0.05, 0.1) is 34.3 Å². The van der Waals surface area contributed by atoms with Crippen LogP contribution >= 0.6 is 23.4 Å². The lowest BCUT2D eigenvalue weighted by molar-refractivity contribution is 0.0526. The zero-order valence-corrected chi connectivity index (χ0v) is 17.1. The first kappa shape index (κ1) is 19.4. The van der Waals surface area contributed by atoms with E-state index in [0.29, 0.717) is 11.3 Å². The molecule has 0 fully saturated rings. The average Bonchev–Trinajstić information content (AvgIpc) is 2.73. The van der Waals surface area contributed by atoms with Crippen LogP contribution in [0.3, 0.4) is 0 Å². The third-order valence-electron chi connectivity index (χ3n) is 4.36. The van der Waals surface area contributed by atoms with Crippen LogP contribution in [-0.2, 0) is 4.74 Å². The lowest BCUT2D eigenvalue weighted by Crippen LogP contribution is -2.32. The number of amides is 2. The van der Waals surface area contributed by atoms with Crippen molar-refractivity contribution >= 4 is 52.4 Å². The molecule has 1 N–H and O–H groups in total. The molecule has 146 valence electrons. The molecule has 0 unspecified atom stereocenters. The van der Waals surface area contributed by atoms with E-state index in [-0.39, 0.29) is 17.7 Å². The maximum Gasteiger partial charge on any atom is 0.338 e. The zero-order valence-electron chi connectivity index (χ0n) is 15.5. The summed E-state index contributed by atoms with van der Waals surface area (Å²) >= 11 is 7.94. The van der Waals surface area contributed by atoms with Crippen LogP contribution in [0.25, 0.3) is 0 Å². The molecular formula is C22H17ClN2O3S. The van der Waals surface area contributed by atoms with Crippen molar-refractivity contribution in [1.29, 1.82) is 0 Å². The number of benzene rings is 3. The van der Waals surface area contributed by atoms with Gasteiger partial charge in [-0.3, -0.25) is 4.90 Å². The molecule has 0 radical (unpaired) electrons. The maximum atomic E-state index is 13.2. The molecule has 5 nitrogen and oxygen atoms in total. The largest absolute Gasteiger partial charge is 0.462 e. The van der Waals surface area contributed by atoms with Gasteiger partial charge in [0.25, 0.3) is 0 Å². The minimum absolute atomic E-state index is 0.261. The summed E-state index contributed by atoms with van der Waals surface area (Å²) in [4.78, 5) is 28.7. The highest BCUT2D eigenvalue weighted by molar-refractivity contribution is 7.99. The van der Waals surface area contributed by atoms with Crippen LogP contribution in [0.5, 0.6) is 0 Å². The van der Waals surface area contributed by atoms with E-state index in [4.69, 9.17) is 16.3 Å². The normalized spacial score (nSPS) is 12.0. The van der Waals surface area contributed by atoms with Crippen molar-refractivity contribution in [1.82, 2.24) is 0 Å². The third-order valence-corrected chi connectivity index (χ3v) is 5.80. The van der Waals surface area contributed by atoms with Crippen LogP contribution in [0, 0.1) is 0 Å². The quantitative estimate of drug-likeness (QED) is 0.497. The smallest absolute Gasteiger partial charge is 0.338 e. The molecule has 7 heteroatoms. The Balaban J connectivity index is 1.65. The summed E-state index contributed by atoms with van der Waals surface area (Å²) in [6.45, 7) is 2.02. The van der Waals surface area contributed by atoms with Gasteiger partial charge in [-0.2, -0.15) is 0 Å². The molecule has 0 saturated carbocycles. The van der Waals surface area contributed by atoms with E-state index in [1.165, 1.54) is 6.07 Å². The lowest BCUT2D eigenvalue weighted by Gasteiger charge is -2.31. The first-order valence-corrected chi connectivity index (χ1v) is 10.2. The van der Waals surface area contributed by atoms with Gasteiger partial charge in [-0.15, -0.1) is 0 Å². The van der Waals surface area contributed by atoms with Gasteiger partial charge in [0.1, 0.15) is 0 Å². The molecule has 3 aromatic carbocycles. The fourth-order valence-electron chi connectivity index (χ4n) is 3.05. The fraction of sp³-hybridized carbons (Fsp3) is 0.0909. The van der Waals surface area contributed by atoms with Crippen LogP contribution < -0.4 is 10.2 Å². The molecule has 1 aliphatic rings. The highest BCUT2D eigenvalue weighted by atomic mass is 35.5. The Hall–Kier alpha value is -2.96. The van der Waals surface area contributed by atoms with Crippen LogP contribution in [0.2, 0.25) is 5.02 Å². The molecule has 4 rings (SSSR count). The predicted octanol–water partition coefficient (Wildman–Crippen LogP) is 6.35. The zero-order chi connectivity index (χ0) is 20.4. The summed E-state index contributed by atoms with van der Waals surface area (Å²) in [6, 6.07) is 19.8. The standard InChI is InChI=1S/C22H17ClN2O3S/c1-2-28-21(26)14-11-12-16(15(23)13-14)24-22(27)25-17-7-3-5-9-19(17)29-20-10-6-4-8-18(20)25/h3-13H,2H2,1H3,(H,24,27). The molecule has 0 atom stereocenters. The number of urea groups is 1. The van der Waals surface area contributed by atoms with E-state index in [0.717, 1.165) is 21.2 Å². The fourth-order valence-corrected chi connectivity index (χ4v) is 4.34. The Bertz CT molecular complexity index is 1060. The van der Waals surface area contributed by atoms with Gasteiger partial charge in [-0.1, -0.05) is 47.6 Å². The molecular weight excluding hydrogens is 408 g/mol. The van der Waals surface area contributed by atoms with Crippen molar-refractivity contribution in [2.45, 2.75) is 16.7 Å². The van der Waals surface area contributed by atoms with Crippen molar-refractivity contribution < 1.29 is 14.3 Å². The topological polar surface area (TPSA) is 58.6 Å².